The van der Waals surface area contributed by atoms with Crippen LogP contribution in [0.3, 0.4) is 0 Å². The van der Waals surface area contributed by atoms with Crippen LogP contribution in [0.25, 0.3) is 0 Å². The molecule has 3 nitrogen and oxygen atoms in total. The van der Waals surface area contributed by atoms with E-state index in [-0.39, 0.29) is 0 Å². The lowest BCUT2D eigenvalue weighted by atomic mass is 9.92. The second-order valence-corrected chi connectivity index (χ2v) is 5.44. The van der Waals surface area contributed by atoms with E-state index >= 15 is 0 Å². The third-order valence-corrected chi connectivity index (χ3v) is 3.72. The topological polar surface area (TPSA) is 47.3 Å². The normalized spacial score (nSPS) is 30.6. The van der Waals surface area contributed by atoms with Crippen molar-refractivity contribution in [2.24, 2.45) is 11.7 Å². The van der Waals surface area contributed by atoms with Gasteiger partial charge in [-0.2, -0.15) is 0 Å². The summed E-state index contributed by atoms with van der Waals surface area (Å²) in [7, 11) is 0. The maximum absolute atomic E-state index is 5.88. The Hall–Kier alpha value is -0.120. The van der Waals surface area contributed by atoms with E-state index in [0.29, 0.717) is 12.1 Å². The van der Waals surface area contributed by atoms with Crippen molar-refractivity contribution in [1.82, 2.24) is 5.32 Å². The summed E-state index contributed by atoms with van der Waals surface area (Å²) in [6.45, 7) is 3.03. The highest BCUT2D eigenvalue weighted by Gasteiger charge is 2.21. The zero-order valence-electron chi connectivity index (χ0n) is 10.3. The van der Waals surface area contributed by atoms with Gasteiger partial charge in [-0.3, -0.25) is 0 Å². The molecule has 0 aromatic heterocycles. The molecule has 3 heteroatoms. The highest BCUT2D eigenvalue weighted by Crippen LogP contribution is 2.28. The summed E-state index contributed by atoms with van der Waals surface area (Å²) in [5.41, 5.74) is 5.88. The second kappa shape index (κ2) is 6.58. The minimum atomic E-state index is 0.458. The molecule has 2 saturated carbocycles. The first-order valence-electron chi connectivity index (χ1n) is 6.91. The molecule has 0 amide bonds. The number of hydrogen-bond acceptors (Lipinski definition) is 3. The molecule has 2 fully saturated rings. The predicted molar refractivity (Wildman–Crippen MR) is 66.4 cm³/mol. The maximum atomic E-state index is 5.88. The fourth-order valence-corrected chi connectivity index (χ4v) is 2.34. The van der Waals surface area contributed by atoms with Crippen LogP contribution in [0.2, 0.25) is 0 Å². The van der Waals surface area contributed by atoms with Gasteiger partial charge in [0.25, 0.3) is 0 Å². The van der Waals surface area contributed by atoms with Crippen molar-refractivity contribution in [2.75, 3.05) is 19.8 Å². The lowest BCUT2D eigenvalue weighted by Crippen LogP contribution is -2.37. The Morgan fingerprint density at radius 1 is 1.06 bits per heavy atom. The van der Waals surface area contributed by atoms with Crippen molar-refractivity contribution < 1.29 is 4.74 Å². The van der Waals surface area contributed by atoms with Crippen molar-refractivity contribution in [3.8, 4) is 0 Å². The van der Waals surface area contributed by atoms with Crippen LogP contribution in [0.15, 0.2) is 0 Å². The number of nitrogens with two attached hydrogens (primary N) is 1. The third kappa shape index (κ3) is 4.81. The number of ether oxygens (including phenoxy) is 1. The molecule has 0 aromatic rings. The van der Waals surface area contributed by atoms with Gasteiger partial charge in [0.1, 0.15) is 0 Å². The number of nitrogens with one attached hydrogen (secondary N) is 1. The summed E-state index contributed by atoms with van der Waals surface area (Å²) in [5.74, 6) is 0.896. The van der Waals surface area contributed by atoms with E-state index in [1.54, 1.807) is 0 Å². The van der Waals surface area contributed by atoms with Gasteiger partial charge in [0.05, 0.1) is 0 Å². The largest absolute Gasteiger partial charge is 0.381 e. The van der Waals surface area contributed by atoms with Crippen molar-refractivity contribution in [1.29, 1.82) is 0 Å². The molecule has 0 aliphatic heterocycles. The monoisotopic (exact) mass is 226 g/mol. The Balaban J connectivity index is 1.39. The highest BCUT2D eigenvalue weighted by atomic mass is 16.5. The van der Waals surface area contributed by atoms with E-state index in [9.17, 15) is 0 Å². The molecule has 3 N–H and O–H groups in total. The summed E-state index contributed by atoms with van der Waals surface area (Å²) in [6, 6.07) is 1.17. The molecule has 94 valence electrons. The molecule has 2 aliphatic rings. The fraction of sp³-hybridized carbons (Fsp3) is 1.00. The average molecular weight is 226 g/mol. The van der Waals surface area contributed by atoms with E-state index in [2.05, 4.69) is 5.32 Å². The average Bonchev–Trinajstić information content (AvgIpc) is 3.10. The molecule has 0 aromatic carbocycles. The first kappa shape index (κ1) is 12.3. The van der Waals surface area contributed by atoms with E-state index in [1.807, 2.05) is 0 Å². The Morgan fingerprint density at radius 3 is 2.50 bits per heavy atom. The zero-order valence-corrected chi connectivity index (χ0v) is 10.3. The predicted octanol–water partition coefficient (Wildman–Crippen LogP) is 1.66. The van der Waals surface area contributed by atoms with E-state index in [1.165, 1.54) is 38.5 Å². The molecule has 2 rings (SSSR count). The lowest BCUT2D eigenvalue weighted by molar-refractivity contribution is 0.121. The summed E-state index contributed by atoms with van der Waals surface area (Å²) in [6.07, 6.45) is 8.82. The van der Waals surface area contributed by atoms with Gasteiger partial charge in [0.15, 0.2) is 0 Å². The highest BCUT2D eigenvalue weighted by molar-refractivity contribution is 4.78. The molecule has 0 spiro atoms. The van der Waals surface area contributed by atoms with Crippen LogP contribution >= 0.6 is 0 Å². The van der Waals surface area contributed by atoms with Crippen molar-refractivity contribution in [2.45, 2.75) is 57.0 Å². The van der Waals surface area contributed by atoms with Crippen molar-refractivity contribution >= 4 is 0 Å². The van der Waals surface area contributed by atoms with Gasteiger partial charge in [0.2, 0.25) is 0 Å². The molecule has 0 atom stereocenters. The van der Waals surface area contributed by atoms with Gasteiger partial charge in [0, 0.05) is 25.3 Å². The molecule has 16 heavy (non-hydrogen) atoms. The summed E-state index contributed by atoms with van der Waals surface area (Å²) in [5, 5.41) is 3.61. The third-order valence-electron chi connectivity index (χ3n) is 3.72. The van der Waals surface area contributed by atoms with Gasteiger partial charge in [-0.05, 0) is 57.4 Å². The molecule has 0 unspecified atom stereocenters. The molecular formula is C13H26N2O. The molecular weight excluding hydrogens is 200 g/mol. The smallest absolute Gasteiger partial charge is 0.0494 e. The Labute approximate surface area is 99.1 Å². The Morgan fingerprint density at radius 2 is 1.81 bits per heavy atom. The van der Waals surface area contributed by atoms with Crippen molar-refractivity contribution in [3.05, 3.63) is 0 Å². The Kier molecular flexibility index (Phi) is 5.07. The molecule has 0 bridgehead atoms. The summed E-state index contributed by atoms with van der Waals surface area (Å²) < 4.78 is 5.60. The summed E-state index contributed by atoms with van der Waals surface area (Å²) >= 11 is 0. The van der Waals surface area contributed by atoms with Crippen LogP contribution in [0.4, 0.5) is 0 Å². The first-order chi connectivity index (χ1) is 7.84. The number of rotatable bonds is 7. The zero-order chi connectivity index (χ0) is 11.2. The maximum Gasteiger partial charge on any atom is 0.0494 e. The minimum Gasteiger partial charge on any atom is -0.381 e. The van der Waals surface area contributed by atoms with Gasteiger partial charge in [-0.1, -0.05) is 0 Å². The quantitative estimate of drug-likeness (QED) is 0.649. The van der Waals surface area contributed by atoms with Gasteiger partial charge >= 0.3 is 0 Å². The summed E-state index contributed by atoms with van der Waals surface area (Å²) in [4.78, 5) is 0. The van der Waals surface area contributed by atoms with E-state index in [4.69, 9.17) is 10.5 Å². The van der Waals surface area contributed by atoms with E-state index < -0.39 is 0 Å². The van der Waals surface area contributed by atoms with Crippen LogP contribution in [0.1, 0.15) is 44.9 Å². The molecule has 2 aliphatic carbocycles. The minimum absolute atomic E-state index is 0.458. The van der Waals surface area contributed by atoms with Crippen molar-refractivity contribution in [3.63, 3.8) is 0 Å². The molecule has 0 radical (unpaired) electrons. The van der Waals surface area contributed by atoms with Gasteiger partial charge in [-0.15, -0.1) is 0 Å². The van der Waals surface area contributed by atoms with Gasteiger partial charge in [-0.25, -0.2) is 0 Å². The molecule has 0 saturated heterocycles. The van der Waals surface area contributed by atoms with Crippen LogP contribution < -0.4 is 11.1 Å². The van der Waals surface area contributed by atoms with Crippen LogP contribution in [0, 0.1) is 5.92 Å². The lowest BCUT2D eigenvalue weighted by Gasteiger charge is -2.26. The van der Waals surface area contributed by atoms with Crippen LogP contribution in [-0.4, -0.2) is 31.8 Å². The first-order valence-corrected chi connectivity index (χ1v) is 6.91. The van der Waals surface area contributed by atoms with Crippen LogP contribution in [-0.2, 0) is 4.74 Å². The van der Waals surface area contributed by atoms with E-state index in [0.717, 1.165) is 32.1 Å². The fourth-order valence-electron chi connectivity index (χ4n) is 2.34. The number of hydrogen-bond donors (Lipinski definition) is 2. The van der Waals surface area contributed by atoms with Crippen LogP contribution in [0.5, 0.6) is 0 Å². The standard InChI is InChI=1S/C13H26N2O/c14-12-4-6-13(7-5-12)15-8-1-9-16-10-11-2-3-11/h11-13,15H,1-10,14H2. The second-order valence-electron chi connectivity index (χ2n) is 5.44. The molecule has 0 heterocycles. The van der Waals surface area contributed by atoms with Gasteiger partial charge < -0.3 is 15.8 Å². The SMILES string of the molecule is NC1CCC(NCCCOCC2CC2)CC1. The Bertz CT molecular complexity index is 186.